The van der Waals surface area contributed by atoms with E-state index in [9.17, 15) is 9.50 Å². The molecule has 2 aromatic carbocycles. The number of ether oxygens (including phenoxy) is 1. The minimum Gasteiger partial charge on any atom is -0.489 e. The second-order valence-corrected chi connectivity index (χ2v) is 5.29. The van der Waals surface area contributed by atoms with Crippen molar-refractivity contribution in [3.63, 3.8) is 0 Å². The summed E-state index contributed by atoms with van der Waals surface area (Å²) in [5.74, 6) is 0.390. The third-order valence-corrected chi connectivity index (χ3v) is 3.97. The number of aliphatic hydroxyl groups is 1. The summed E-state index contributed by atoms with van der Waals surface area (Å²) in [6.07, 6.45) is 0.234. The highest BCUT2D eigenvalue weighted by Crippen LogP contribution is 2.23. The second-order valence-electron chi connectivity index (χ2n) is 4.49. The number of halogens is 2. The summed E-state index contributed by atoms with van der Waals surface area (Å²) >= 11 is 3.21. The maximum Gasteiger partial charge on any atom is 0.137 e. The average molecular weight is 339 g/mol. The predicted molar refractivity (Wildman–Crippen MR) is 80.1 cm³/mol. The summed E-state index contributed by atoms with van der Waals surface area (Å²) < 4.78 is 19.4. The smallest absolute Gasteiger partial charge is 0.137 e. The first-order valence-corrected chi connectivity index (χ1v) is 7.24. The largest absolute Gasteiger partial charge is 0.489 e. The van der Waals surface area contributed by atoms with Crippen molar-refractivity contribution in [3.05, 3.63) is 63.9 Å². The molecule has 0 bridgehead atoms. The van der Waals surface area contributed by atoms with Crippen LogP contribution < -0.4 is 4.74 Å². The Bertz CT molecular complexity index is 569. The highest BCUT2D eigenvalue weighted by Gasteiger charge is 2.07. The fraction of sp³-hybridized carbons (Fsp3) is 0.250. The topological polar surface area (TPSA) is 29.5 Å². The molecule has 2 rings (SSSR count). The van der Waals surface area contributed by atoms with Gasteiger partial charge in [-0.3, -0.25) is 0 Å². The quantitative estimate of drug-likeness (QED) is 0.862. The molecule has 0 spiro atoms. The number of benzene rings is 2. The SMILES string of the molecule is CC[C@H](O)c1ccc(OCc2cccc(F)c2Br)cc1. The fourth-order valence-electron chi connectivity index (χ4n) is 1.84. The zero-order valence-electron chi connectivity index (χ0n) is 11.1. The van der Waals surface area contributed by atoms with E-state index in [0.29, 0.717) is 16.6 Å². The van der Waals surface area contributed by atoms with E-state index in [-0.39, 0.29) is 12.4 Å². The lowest BCUT2D eigenvalue weighted by molar-refractivity contribution is 0.173. The van der Waals surface area contributed by atoms with E-state index < -0.39 is 6.10 Å². The highest BCUT2D eigenvalue weighted by molar-refractivity contribution is 9.10. The van der Waals surface area contributed by atoms with Gasteiger partial charge in [0.05, 0.1) is 10.6 Å². The lowest BCUT2D eigenvalue weighted by Crippen LogP contribution is -1.99. The standard InChI is InChI=1S/C16H16BrFO2/c1-2-15(19)11-6-8-13(9-7-11)20-10-12-4-3-5-14(18)16(12)17/h3-9,15,19H,2,10H2,1H3/t15-/m0/s1. The average Bonchev–Trinajstić information content (AvgIpc) is 2.48. The number of hydrogen-bond donors (Lipinski definition) is 1. The molecule has 0 aliphatic rings. The van der Waals surface area contributed by atoms with Crippen LogP contribution in [0.5, 0.6) is 5.75 Å². The second kappa shape index (κ2) is 6.86. The molecular formula is C16H16BrFO2. The van der Waals surface area contributed by atoms with E-state index in [0.717, 1.165) is 11.1 Å². The van der Waals surface area contributed by atoms with Gasteiger partial charge in [-0.25, -0.2) is 4.39 Å². The predicted octanol–water partition coefficient (Wildman–Crippen LogP) is 4.61. The van der Waals surface area contributed by atoms with Crippen molar-refractivity contribution in [3.8, 4) is 5.75 Å². The third-order valence-electron chi connectivity index (χ3n) is 3.08. The van der Waals surface area contributed by atoms with Crippen molar-refractivity contribution >= 4 is 15.9 Å². The van der Waals surface area contributed by atoms with E-state index in [1.165, 1.54) is 6.07 Å². The molecule has 0 radical (unpaired) electrons. The highest BCUT2D eigenvalue weighted by atomic mass is 79.9. The first-order chi connectivity index (χ1) is 9.61. The molecule has 2 aromatic rings. The lowest BCUT2D eigenvalue weighted by atomic mass is 10.1. The first kappa shape index (κ1) is 15.0. The Morgan fingerprint density at radius 2 is 1.90 bits per heavy atom. The molecule has 1 atom stereocenters. The zero-order valence-corrected chi connectivity index (χ0v) is 12.7. The molecule has 0 saturated carbocycles. The van der Waals surface area contributed by atoms with Crippen LogP contribution >= 0.6 is 15.9 Å². The van der Waals surface area contributed by atoms with E-state index in [1.54, 1.807) is 18.2 Å². The normalized spacial score (nSPS) is 12.2. The lowest BCUT2D eigenvalue weighted by Gasteiger charge is -2.11. The van der Waals surface area contributed by atoms with Crippen molar-refractivity contribution in [1.82, 2.24) is 0 Å². The molecule has 4 heteroatoms. The molecule has 0 aromatic heterocycles. The molecule has 0 heterocycles. The summed E-state index contributed by atoms with van der Waals surface area (Å²) in [5, 5.41) is 9.71. The van der Waals surface area contributed by atoms with Gasteiger partial charge in [-0.1, -0.05) is 31.2 Å². The molecule has 0 fully saturated rings. The maximum atomic E-state index is 13.4. The monoisotopic (exact) mass is 338 g/mol. The summed E-state index contributed by atoms with van der Waals surface area (Å²) in [7, 11) is 0. The number of aliphatic hydroxyl groups excluding tert-OH is 1. The minimum absolute atomic E-state index is 0.286. The van der Waals surface area contributed by atoms with Crippen LogP contribution in [-0.2, 0) is 6.61 Å². The van der Waals surface area contributed by atoms with Gasteiger partial charge in [-0.2, -0.15) is 0 Å². The molecule has 0 aliphatic carbocycles. The van der Waals surface area contributed by atoms with Crippen molar-refractivity contribution in [1.29, 1.82) is 0 Å². The Kier molecular flexibility index (Phi) is 5.15. The van der Waals surface area contributed by atoms with Crippen LogP contribution in [0.25, 0.3) is 0 Å². The van der Waals surface area contributed by atoms with Crippen molar-refractivity contribution in [2.75, 3.05) is 0 Å². The van der Waals surface area contributed by atoms with Gasteiger partial charge in [0.1, 0.15) is 18.2 Å². The van der Waals surface area contributed by atoms with Gasteiger partial charge < -0.3 is 9.84 Å². The number of hydrogen-bond acceptors (Lipinski definition) is 2. The Balaban J connectivity index is 2.02. The van der Waals surface area contributed by atoms with Crippen LogP contribution in [-0.4, -0.2) is 5.11 Å². The Morgan fingerprint density at radius 1 is 1.20 bits per heavy atom. The molecule has 106 valence electrons. The van der Waals surface area contributed by atoms with Crippen LogP contribution in [0.15, 0.2) is 46.9 Å². The van der Waals surface area contributed by atoms with Gasteiger partial charge in [0, 0.05) is 5.56 Å². The van der Waals surface area contributed by atoms with E-state index >= 15 is 0 Å². The van der Waals surface area contributed by atoms with Crippen molar-refractivity contribution in [2.24, 2.45) is 0 Å². The van der Waals surface area contributed by atoms with Crippen molar-refractivity contribution in [2.45, 2.75) is 26.1 Å². The molecule has 0 saturated heterocycles. The third kappa shape index (κ3) is 3.58. The van der Waals surface area contributed by atoms with E-state index in [4.69, 9.17) is 4.74 Å². The van der Waals surface area contributed by atoms with E-state index in [2.05, 4.69) is 15.9 Å². The van der Waals surface area contributed by atoms with E-state index in [1.807, 2.05) is 25.1 Å². The zero-order chi connectivity index (χ0) is 14.5. The molecule has 0 aliphatic heterocycles. The van der Waals surface area contributed by atoms with Crippen LogP contribution in [0.4, 0.5) is 4.39 Å². The van der Waals surface area contributed by atoms with Gasteiger partial charge in [0.15, 0.2) is 0 Å². The summed E-state index contributed by atoms with van der Waals surface area (Å²) in [6, 6.07) is 12.1. The van der Waals surface area contributed by atoms with Crippen LogP contribution in [0.2, 0.25) is 0 Å². The van der Waals surface area contributed by atoms with Gasteiger partial charge >= 0.3 is 0 Å². The van der Waals surface area contributed by atoms with Crippen LogP contribution in [0.1, 0.15) is 30.6 Å². The van der Waals surface area contributed by atoms with Crippen LogP contribution in [0, 0.1) is 5.82 Å². The molecule has 0 amide bonds. The Morgan fingerprint density at radius 3 is 2.55 bits per heavy atom. The van der Waals surface area contributed by atoms with Gasteiger partial charge in [-0.05, 0) is 46.1 Å². The molecule has 1 N–H and O–H groups in total. The van der Waals surface area contributed by atoms with Crippen LogP contribution in [0.3, 0.4) is 0 Å². The first-order valence-electron chi connectivity index (χ1n) is 6.45. The number of rotatable bonds is 5. The molecule has 0 unspecified atom stereocenters. The summed E-state index contributed by atoms with van der Waals surface area (Å²) in [4.78, 5) is 0. The Hall–Kier alpha value is -1.39. The summed E-state index contributed by atoms with van der Waals surface area (Å²) in [5.41, 5.74) is 1.62. The minimum atomic E-state index is -0.443. The maximum absolute atomic E-state index is 13.4. The molecule has 2 nitrogen and oxygen atoms in total. The van der Waals surface area contributed by atoms with Crippen molar-refractivity contribution < 1.29 is 14.2 Å². The Labute approximate surface area is 126 Å². The summed E-state index contributed by atoms with van der Waals surface area (Å²) in [6.45, 7) is 2.21. The molecule has 20 heavy (non-hydrogen) atoms. The van der Waals surface area contributed by atoms with Gasteiger partial charge in [0.25, 0.3) is 0 Å². The van der Waals surface area contributed by atoms with Gasteiger partial charge in [0.2, 0.25) is 0 Å². The fourth-order valence-corrected chi connectivity index (χ4v) is 2.22. The molecular weight excluding hydrogens is 323 g/mol. The van der Waals surface area contributed by atoms with Gasteiger partial charge in [-0.15, -0.1) is 0 Å².